The Bertz CT molecular complexity index is 271. The number of hydrogen-bond donors (Lipinski definition) is 2. The molecule has 0 spiro atoms. The second-order valence-electron chi connectivity index (χ2n) is 5.45. The van der Waals surface area contributed by atoms with Crippen molar-refractivity contribution in [1.29, 1.82) is 0 Å². The van der Waals surface area contributed by atoms with E-state index >= 15 is 0 Å². The van der Waals surface area contributed by atoms with Crippen LogP contribution in [0.4, 0.5) is 0 Å². The molecule has 2 aliphatic heterocycles. The molecule has 0 aromatic heterocycles. The summed E-state index contributed by atoms with van der Waals surface area (Å²) >= 11 is 0. The van der Waals surface area contributed by atoms with Crippen LogP contribution in [0, 0.1) is 0 Å². The van der Waals surface area contributed by atoms with Gasteiger partial charge in [0.15, 0.2) is 0 Å². The summed E-state index contributed by atoms with van der Waals surface area (Å²) < 4.78 is 0. The van der Waals surface area contributed by atoms with Crippen molar-refractivity contribution in [3.05, 3.63) is 0 Å². The third kappa shape index (κ3) is 3.22. The molecule has 0 aliphatic carbocycles. The third-order valence-electron chi connectivity index (χ3n) is 4.36. The highest BCUT2D eigenvalue weighted by Crippen LogP contribution is 2.21. The average Bonchev–Trinajstić information content (AvgIpc) is 2.41. The maximum atomic E-state index is 11.1. The van der Waals surface area contributed by atoms with E-state index in [0.717, 1.165) is 25.9 Å². The largest absolute Gasteiger partial charge is 0.480 e. The lowest BCUT2D eigenvalue weighted by atomic mass is 9.99. The minimum absolute atomic E-state index is 0.212. The maximum Gasteiger partial charge on any atom is 0.322 e. The second kappa shape index (κ2) is 6.50. The van der Waals surface area contributed by atoms with Crippen LogP contribution in [0.3, 0.4) is 0 Å². The van der Waals surface area contributed by atoms with E-state index in [1.54, 1.807) is 0 Å². The van der Waals surface area contributed by atoms with E-state index < -0.39 is 12.0 Å². The molecule has 18 heavy (non-hydrogen) atoms. The highest BCUT2D eigenvalue weighted by Gasteiger charge is 2.31. The molecule has 0 aromatic carbocycles. The topological polar surface area (TPSA) is 69.8 Å². The Morgan fingerprint density at radius 1 is 1.17 bits per heavy atom. The molecule has 0 bridgehead atoms. The van der Waals surface area contributed by atoms with Gasteiger partial charge < -0.3 is 15.7 Å². The Kier molecular flexibility index (Phi) is 4.97. The molecule has 0 radical (unpaired) electrons. The first-order chi connectivity index (χ1) is 8.72. The molecule has 104 valence electrons. The average molecular weight is 255 g/mol. The van der Waals surface area contributed by atoms with E-state index in [9.17, 15) is 4.79 Å². The van der Waals surface area contributed by atoms with Crippen molar-refractivity contribution in [3.8, 4) is 0 Å². The quantitative estimate of drug-likeness (QED) is 0.758. The molecular weight excluding hydrogens is 230 g/mol. The van der Waals surface area contributed by atoms with Gasteiger partial charge in [-0.25, -0.2) is 0 Å². The lowest BCUT2D eigenvalue weighted by Gasteiger charge is -2.41. The van der Waals surface area contributed by atoms with Crippen molar-refractivity contribution < 1.29 is 9.90 Å². The van der Waals surface area contributed by atoms with Crippen LogP contribution >= 0.6 is 0 Å². The summed E-state index contributed by atoms with van der Waals surface area (Å²) in [6, 6.07) is 0.168. The second-order valence-corrected chi connectivity index (χ2v) is 5.45. The van der Waals surface area contributed by atoms with Crippen molar-refractivity contribution in [1.82, 2.24) is 9.80 Å². The van der Waals surface area contributed by atoms with Crippen molar-refractivity contribution >= 4 is 5.97 Å². The van der Waals surface area contributed by atoms with Gasteiger partial charge in [-0.1, -0.05) is 6.42 Å². The van der Waals surface area contributed by atoms with Gasteiger partial charge >= 0.3 is 5.97 Å². The van der Waals surface area contributed by atoms with Gasteiger partial charge in [0.05, 0.1) is 0 Å². The number of rotatable bonds is 4. The summed E-state index contributed by atoms with van der Waals surface area (Å²) in [4.78, 5) is 15.7. The standard InChI is InChI=1S/C13H25N3O2/c14-10-12(13(17)18)16-8-4-11(5-9-16)15-6-2-1-3-7-15/h11-12H,1-10,14H2,(H,17,18). The lowest BCUT2D eigenvalue weighted by molar-refractivity contribution is -0.143. The van der Waals surface area contributed by atoms with Gasteiger partial charge in [0.1, 0.15) is 6.04 Å². The smallest absolute Gasteiger partial charge is 0.322 e. The van der Waals surface area contributed by atoms with Crippen molar-refractivity contribution in [2.75, 3.05) is 32.7 Å². The Morgan fingerprint density at radius 2 is 1.78 bits per heavy atom. The fourth-order valence-electron chi connectivity index (χ4n) is 3.25. The summed E-state index contributed by atoms with van der Waals surface area (Å²) in [5, 5.41) is 9.11. The first-order valence-corrected chi connectivity index (χ1v) is 7.13. The Morgan fingerprint density at radius 3 is 2.28 bits per heavy atom. The molecule has 0 amide bonds. The summed E-state index contributed by atoms with van der Waals surface area (Å²) in [5.74, 6) is -0.783. The van der Waals surface area contributed by atoms with Crippen LogP contribution in [0.2, 0.25) is 0 Å². The number of carbonyl (C=O) groups is 1. The third-order valence-corrected chi connectivity index (χ3v) is 4.36. The number of nitrogens with two attached hydrogens (primary N) is 1. The molecule has 2 heterocycles. The van der Waals surface area contributed by atoms with Gasteiger partial charge in [-0.05, 0) is 38.8 Å². The molecule has 2 fully saturated rings. The zero-order valence-corrected chi connectivity index (χ0v) is 11.1. The summed E-state index contributed by atoms with van der Waals surface area (Å²) in [6.07, 6.45) is 6.18. The van der Waals surface area contributed by atoms with Crippen LogP contribution in [0.15, 0.2) is 0 Å². The monoisotopic (exact) mass is 255 g/mol. The fourth-order valence-corrected chi connectivity index (χ4v) is 3.25. The van der Waals surface area contributed by atoms with E-state index in [4.69, 9.17) is 10.8 Å². The number of aliphatic carboxylic acids is 1. The van der Waals surface area contributed by atoms with E-state index in [1.807, 2.05) is 4.90 Å². The summed E-state index contributed by atoms with van der Waals surface area (Å²) in [7, 11) is 0. The number of carboxylic acid groups (broad SMARTS) is 1. The Balaban J connectivity index is 1.81. The van der Waals surface area contributed by atoms with Gasteiger partial charge in [-0.2, -0.15) is 0 Å². The minimum atomic E-state index is -0.783. The van der Waals surface area contributed by atoms with Crippen LogP contribution in [0.5, 0.6) is 0 Å². The van der Waals surface area contributed by atoms with E-state index in [2.05, 4.69) is 4.90 Å². The number of likely N-dealkylation sites (tertiary alicyclic amines) is 2. The van der Waals surface area contributed by atoms with E-state index in [-0.39, 0.29) is 6.54 Å². The van der Waals surface area contributed by atoms with Gasteiger partial charge in [0, 0.05) is 25.7 Å². The minimum Gasteiger partial charge on any atom is -0.480 e. The number of piperidine rings is 2. The highest BCUT2D eigenvalue weighted by molar-refractivity contribution is 5.73. The van der Waals surface area contributed by atoms with Gasteiger partial charge in [-0.15, -0.1) is 0 Å². The lowest BCUT2D eigenvalue weighted by Crippen LogP contribution is -2.53. The molecule has 1 unspecified atom stereocenters. The molecule has 2 saturated heterocycles. The number of hydrogen-bond acceptors (Lipinski definition) is 4. The molecule has 0 aromatic rings. The first kappa shape index (κ1) is 13.8. The number of nitrogens with zero attached hydrogens (tertiary/aromatic N) is 2. The Labute approximate surface area is 109 Å². The molecule has 3 N–H and O–H groups in total. The molecule has 5 nitrogen and oxygen atoms in total. The normalized spacial score (nSPS) is 26.1. The molecule has 0 saturated carbocycles. The van der Waals surface area contributed by atoms with Crippen LogP contribution in [0.25, 0.3) is 0 Å². The first-order valence-electron chi connectivity index (χ1n) is 7.13. The van der Waals surface area contributed by atoms with E-state index in [1.165, 1.54) is 32.4 Å². The molecular formula is C13H25N3O2. The van der Waals surface area contributed by atoms with Crippen LogP contribution in [-0.2, 0) is 4.79 Å². The van der Waals surface area contributed by atoms with Crippen LogP contribution < -0.4 is 5.73 Å². The summed E-state index contributed by atoms with van der Waals surface area (Å²) in [5.41, 5.74) is 5.55. The predicted octanol–water partition coefficient (Wildman–Crippen LogP) is 0.349. The Hall–Kier alpha value is -0.650. The highest BCUT2D eigenvalue weighted by atomic mass is 16.4. The molecule has 2 aliphatic rings. The SMILES string of the molecule is NCC(C(=O)O)N1CCC(N2CCCCC2)CC1. The van der Waals surface area contributed by atoms with Gasteiger partial charge in [0.2, 0.25) is 0 Å². The van der Waals surface area contributed by atoms with Crippen LogP contribution in [0.1, 0.15) is 32.1 Å². The van der Waals surface area contributed by atoms with Crippen molar-refractivity contribution in [3.63, 3.8) is 0 Å². The van der Waals surface area contributed by atoms with Gasteiger partial charge in [-0.3, -0.25) is 9.69 Å². The molecule has 2 rings (SSSR count). The molecule has 5 heteroatoms. The maximum absolute atomic E-state index is 11.1. The van der Waals surface area contributed by atoms with Crippen molar-refractivity contribution in [2.24, 2.45) is 5.73 Å². The van der Waals surface area contributed by atoms with E-state index in [0.29, 0.717) is 6.04 Å². The van der Waals surface area contributed by atoms with Crippen molar-refractivity contribution in [2.45, 2.75) is 44.2 Å². The fraction of sp³-hybridized carbons (Fsp3) is 0.923. The zero-order chi connectivity index (χ0) is 13.0. The molecule has 1 atom stereocenters. The van der Waals surface area contributed by atoms with Crippen LogP contribution in [-0.4, -0.2) is 65.7 Å². The zero-order valence-electron chi connectivity index (χ0n) is 11.1. The predicted molar refractivity (Wildman–Crippen MR) is 70.5 cm³/mol. The number of carboxylic acids is 1. The van der Waals surface area contributed by atoms with Gasteiger partial charge in [0.25, 0.3) is 0 Å². The summed E-state index contributed by atoms with van der Waals surface area (Å²) in [6.45, 7) is 4.40.